The summed E-state index contributed by atoms with van der Waals surface area (Å²) in [4.78, 5) is 14.4. The Hall–Kier alpha value is -2.47. The van der Waals surface area contributed by atoms with Gasteiger partial charge in [0.1, 0.15) is 0 Å². The van der Waals surface area contributed by atoms with E-state index in [2.05, 4.69) is 20.4 Å². The molecule has 1 aliphatic heterocycles. The second-order valence-electron chi connectivity index (χ2n) is 5.95. The number of hydrogen-bond acceptors (Lipinski definition) is 5. The highest BCUT2D eigenvalue weighted by Gasteiger charge is 2.23. The van der Waals surface area contributed by atoms with E-state index in [4.69, 9.17) is 0 Å². The summed E-state index contributed by atoms with van der Waals surface area (Å²) >= 11 is 0. The lowest BCUT2D eigenvalue weighted by molar-refractivity contribution is 0.102. The van der Waals surface area contributed by atoms with Gasteiger partial charge in [-0.15, -0.1) is 10.2 Å². The number of aliphatic hydroxyl groups excluding tert-OH is 1. The van der Waals surface area contributed by atoms with Crippen LogP contribution in [0.1, 0.15) is 36.2 Å². The van der Waals surface area contributed by atoms with Gasteiger partial charge in [-0.25, -0.2) is 0 Å². The number of aromatic nitrogens is 2. The number of amides is 1. The molecule has 1 atom stereocenters. The topological polar surface area (TPSA) is 78.4 Å². The van der Waals surface area contributed by atoms with Gasteiger partial charge in [0.05, 0.1) is 0 Å². The van der Waals surface area contributed by atoms with Gasteiger partial charge in [-0.2, -0.15) is 0 Å². The van der Waals surface area contributed by atoms with Crippen LogP contribution in [-0.2, 0) is 0 Å². The van der Waals surface area contributed by atoms with Gasteiger partial charge < -0.3 is 15.3 Å². The highest BCUT2D eigenvalue weighted by atomic mass is 16.3. The van der Waals surface area contributed by atoms with Crippen LogP contribution in [0.3, 0.4) is 0 Å². The van der Waals surface area contributed by atoms with Gasteiger partial charge in [0.15, 0.2) is 11.5 Å². The van der Waals surface area contributed by atoms with E-state index in [1.54, 1.807) is 6.07 Å². The zero-order valence-corrected chi connectivity index (χ0v) is 13.6. The molecule has 0 spiro atoms. The Bertz CT molecular complexity index is 658. The fourth-order valence-electron chi connectivity index (χ4n) is 3.07. The molecule has 2 aromatic rings. The van der Waals surface area contributed by atoms with E-state index in [-0.39, 0.29) is 12.5 Å². The van der Waals surface area contributed by atoms with E-state index < -0.39 is 0 Å². The molecule has 0 aliphatic carbocycles. The lowest BCUT2D eigenvalue weighted by Crippen LogP contribution is -2.40. The van der Waals surface area contributed by atoms with E-state index >= 15 is 0 Å². The van der Waals surface area contributed by atoms with Crippen molar-refractivity contribution in [3.8, 4) is 0 Å². The molecule has 1 aromatic heterocycles. The summed E-state index contributed by atoms with van der Waals surface area (Å²) in [5, 5.41) is 20.3. The number of anilines is 2. The monoisotopic (exact) mass is 326 g/mol. The number of rotatable bonds is 5. The molecular weight excluding hydrogens is 304 g/mol. The number of benzene rings is 1. The summed E-state index contributed by atoms with van der Waals surface area (Å²) in [5.41, 5.74) is 1.02. The minimum atomic E-state index is -0.272. The van der Waals surface area contributed by atoms with Crippen molar-refractivity contribution < 1.29 is 9.90 Å². The fraction of sp³-hybridized carbons (Fsp3) is 0.389. The van der Waals surface area contributed by atoms with Crippen molar-refractivity contribution in [1.29, 1.82) is 0 Å². The first kappa shape index (κ1) is 16.4. The van der Waals surface area contributed by atoms with Crippen molar-refractivity contribution in [2.24, 2.45) is 0 Å². The molecule has 1 amide bonds. The number of piperidine rings is 1. The number of nitrogens with one attached hydrogen (secondary N) is 1. The van der Waals surface area contributed by atoms with Crippen LogP contribution < -0.4 is 10.2 Å². The van der Waals surface area contributed by atoms with Crippen molar-refractivity contribution in [3.05, 3.63) is 48.2 Å². The van der Waals surface area contributed by atoms with Gasteiger partial charge in [-0.05, 0) is 49.9 Å². The Balaban J connectivity index is 1.69. The Morgan fingerprint density at radius 3 is 2.71 bits per heavy atom. The van der Waals surface area contributed by atoms with E-state index in [9.17, 15) is 9.90 Å². The average molecular weight is 326 g/mol. The third-order valence-electron chi connectivity index (χ3n) is 4.30. The maximum atomic E-state index is 12.2. The van der Waals surface area contributed by atoms with Crippen molar-refractivity contribution in [1.82, 2.24) is 10.2 Å². The predicted molar refractivity (Wildman–Crippen MR) is 93.1 cm³/mol. The van der Waals surface area contributed by atoms with E-state index in [0.717, 1.165) is 37.3 Å². The van der Waals surface area contributed by atoms with Gasteiger partial charge in [0, 0.05) is 24.9 Å². The molecule has 1 aliphatic rings. The standard InChI is InChI=1S/C18H22N4O2/c23-13-11-15-8-4-5-12-22(15)17-10-9-16(20-21-17)18(24)19-14-6-2-1-3-7-14/h1-3,6-7,9-10,15,23H,4-5,8,11-13H2,(H,19,24)/t15-/m1/s1. The van der Waals surface area contributed by atoms with Crippen molar-refractivity contribution >= 4 is 17.4 Å². The Labute approximate surface area is 141 Å². The Kier molecular flexibility index (Phi) is 5.38. The molecule has 24 heavy (non-hydrogen) atoms. The number of carbonyl (C=O) groups is 1. The summed E-state index contributed by atoms with van der Waals surface area (Å²) in [7, 11) is 0. The molecular formula is C18H22N4O2. The Morgan fingerprint density at radius 1 is 1.17 bits per heavy atom. The van der Waals surface area contributed by atoms with Crippen LogP contribution >= 0.6 is 0 Å². The van der Waals surface area contributed by atoms with Gasteiger partial charge in [-0.1, -0.05) is 18.2 Å². The maximum absolute atomic E-state index is 12.2. The molecule has 2 heterocycles. The molecule has 0 unspecified atom stereocenters. The summed E-state index contributed by atoms with van der Waals surface area (Å²) < 4.78 is 0. The first-order valence-corrected chi connectivity index (χ1v) is 8.35. The third kappa shape index (κ3) is 3.89. The molecule has 2 N–H and O–H groups in total. The zero-order valence-electron chi connectivity index (χ0n) is 13.6. The minimum Gasteiger partial charge on any atom is -0.396 e. The van der Waals surface area contributed by atoms with Crippen molar-refractivity contribution in [3.63, 3.8) is 0 Å². The van der Waals surface area contributed by atoms with Crippen molar-refractivity contribution in [2.45, 2.75) is 31.7 Å². The van der Waals surface area contributed by atoms with Gasteiger partial charge in [0.2, 0.25) is 0 Å². The molecule has 6 heteroatoms. The first-order chi connectivity index (χ1) is 11.8. The van der Waals surface area contributed by atoms with Crippen LogP contribution in [0.4, 0.5) is 11.5 Å². The lowest BCUT2D eigenvalue weighted by Gasteiger charge is -2.36. The molecule has 0 radical (unpaired) electrons. The largest absolute Gasteiger partial charge is 0.396 e. The summed E-state index contributed by atoms with van der Waals surface area (Å²) in [6, 6.07) is 13.1. The zero-order chi connectivity index (χ0) is 16.8. The van der Waals surface area contributed by atoms with E-state index in [1.807, 2.05) is 36.4 Å². The minimum absolute atomic E-state index is 0.173. The van der Waals surface area contributed by atoms with Crippen molar-refractivity contribution in [2.75, 3.05) is 23.4 Å². The maximum Gasteiger partial charge on any atom is 0.276 e. The quantitative estimate of drug-likeness (QED) is 0.882. The second kappa shape index (κ2) is 7.88. The molecule has 0 saturated carbocycles. The van der Waals surface area contributed by atoms with Gasteiger partial charge >= 0.3 is 0 Å². The van der Waals surface area contributed by atoms with Crippen LogP contribution in [-0.4, -0.2) is 40.4 Å². The fourth-order valence-corrected chi connectivity index (χ4v) is 3.07. The molecule has 126 valence electrons. The van der Waals surface area contributed by atoms with E-state index in [0.29, 0.717) is 11.7 Å². The molecule has 0 bridgehead atoms. The van der Waals surface area contributed by atoms with Crippen LogP contribution in [0.15, 0.2) is 42.5 Å². The van der Waals surface area contributed by atoms with E-state index in [1.165, 1.54) is 6.42 Å². The second-order valence-corrected chi connectivity index (χ2v) is 5.95. The smallest absolute Gasteiger partial charge is 0.276 e. The normalized spacial score (nSPS) is 17.5. The Morgan fingerprint density at radius 2 is 2.00 bits per heavy atom. The van der Waals surface area contributed by atoms with Crippen LogP contribution in [0.5, 0.6) is 0 Å². The lowest BCUT2D eigenvalue weighted by atomic mass is 10.00. The predicted octanol–water partition coefficient (Wildman–Crippen LogP) is 2.47. The van der Waals surface area contributed by atoms with Gasteiger partial charge in [0.25, 0.3) is 5.91 Å². The highest BCUT2D eigenvalue weighted by Crippen LogP contribution is 2.24. The summed E-state index contributed by atoms with van der Waals surface area (Å²) in [6.07, 6.45) is 4.07. The third-order valence-corrected chi connectivity index (χ3v) is 4.30. The SMILES string of the molecule is O=C(Nc1ccccc1)c1ccc(N2CCCC[C@@H]2CCO)nn1. The molecule has 1 aromatic carbocycles. The van der Waals surface area contributed by atoms with Crippen LogP contribution in [0.2, 0.25) is 0 Å². The molecule has 1 saturated heterocycles. The number of nitrogens with zero attached hydrogens (tertiary/aromatic N) is 3. The van der Waals surface area contributed by atoms with Crippen LogP contribution in [0, 0.1) is 0 Å². The summed E-state index contributed by atoms with van der Waals surface area (Å²) in [6.45, 7) is 1.08. The highest BCUT2D eigenvalue weighted by molar-refractivity contribution is 6.02. The number of aliphatic hydroxyl groups is 1. The molecule has 6 nitrogen and oxygen atoms in total. The van der Waals surface area contributed by atoms with Crippen LogP contribution in [0.25, 0.3) is 0 Å². The number of hydrogen-bond donors (Lipinski definition) is 2. The van der Waals surface area contributed by atoms with Gasteiger partial charge in [-0.3, -0.25) is 4.79 Å². The average Bonchev–Trinajstić information content (AvgIpc) is 2.63. The number of carbonyl (C=O) groups excluding carboxylic acids is 1. The molecule has 3 rings (SSSR count). The molecule has 1 fully saturated rings. The summed E-state index contributed by atoms with van der Waals surface area (Å²) in [5.74, 6) is 0.496. The first-order valence-electron chi connectivity index (χ1n) is 8.35. The number of para-hydroxylation sites is 1.